The van der Waals surface area contributed by atoms with Crippen LogP contribution in [0.2, 0.25) is 5.02 Å². The fourth-order valence-electron chi connectivity index (χ4n) is 5.93. The molecule has 6 nitrogen and oxygen atoms in total. The topological polar surface area (TPSA) is 79.5 Å². The lowest BCUT2D eigenvalue weighted by Crippen LogP contribution is -2.44. The Morgan fingerprint density at radius 3 is 2.46 bits per heavy atom. The van der Waals surface area contributed by atoms with Crippen LogP contribution in [0, 0.1) is 17.8 Å². The number of rotatable bonds is 3. The Hall–Kier alpha value is -2.25. The van der Waals surface area contributed by atoms with Crippen LogP contribution in [0.3, 0.4) is 0 Å². The van der Waals surface area contributed by atoms with Gasteiger partial charge in [-0.05, 0) is 71.3 Å². The Morgan fingerprint density at radius 2 is 1.74 bits per heavy atom. The fraction of sp³-hybridized carbons (Fsp3) is 0.481. The number of carbonyl (C=O) groups excluding carboxylic acids is 2. The average Bonchev–Trinajstić information content (AvgIpc) is 3.02. The third-order valence-corrected chi connectivity index (χ3v) is 8.62. The van der Waals surface area contributed by atoms with E-state index in [2.05, 4.69) is 28.1 Å². The molecule has 0 atom stereocenters. The molecule has 1 aliphatic carbocycles. The molecule has 2 aromatic rings. The summed E-state index contributed by atoms with van der Waals surface area (Å²) in [6.07, 6.45) is 7.81. The normalized spacial score (nSPS) is 19.2. The van der Waals surface area contributed by atoms with Gasteiger partial charge in [0.05, 0.1) is 5.92 Å². The van der Waals surface area contributed by atoms with E-state index in [-0.39, 0.29) is 11.9 Å². The van der Waals surface area contributed by atoms with E-state index in [4.69, 9.17) is 22.3 Å². The molecule has 1 aromatic heterocycles. The van der Waals surface area contributed by atoms with Crippen molar-refractivity contribution in [2.45, 2.75) is 44.9 Å². The molecule has 1 aromatic carbocycles. The van der Waals surface area contributed by atoms with Gasteiger partial charge in [-0.15, -0.1) is 0 Å². The van der Waals surface area contributed by atoms with Crippen molar-refractivity contribution in [3.8, 4) is 0 Å². The van der Waals surface area contributed by atoms with E-state index in [1.165, 1.54) is 17.0 Å². The number of aryl methyl sites for hydroxylation is 2. The molecule has 0 radical (unpaired) electrons. The molecule has 2 saturated heterocycles. The number of benzene rings is 1. The Kier molecular flexibility index (Phi) is 7.26. The molecular weight excluding hydrogens is 528 g/mol. The number of piperidine rings is 2. The van der Waals surface area contributed by atoms with Crippen LogP contribution in [0.25, 0.3) is 0 Å². The highest BCUT2D eigenvalue weighted by Gasteiger charge is 2.41. The Morgan fingerprint density at radius 1 is 1.06 bits per heavy atom. The lowest BCUT2D eigenvalue weighted by molar-refractivity contribution is -0.133. The highest BCUT2D eigenvalue weighted by atomic mass is 79.9. The molecule has 35 heavy (non-hydrogen) atoms. The van der Waals surface area contributed by atoms with Gasteiger partial charge in [0.15, 0.2) is 5.69 Å². The molecular formula is C27H31BrClN4O2+. The second-order valence-corrected chi connectivity index (χ2v) is 11.3. The molecule has 2 fully saturated rings. The first-order valence-electron chi connectivity index (χ1n) is 12.5. The molecule has 3 aliphatic rings. The highest BCUT2D eigenvalue weighted by Crippen LogP contribution is 2.44. The summed E-state index contributed by atoms with van der Waals surface area (Å²) >= 11 is 10.4. The standard InChI is InChI=1S/C27H30BrClN4O2/c28-21-15-20-5-4-18-2-1-3-22(29)24(18)25(26(20)31-16-21)19-8-12-32(13-9-19)23(34)14-17-6-10-33(11-7-17)27(30)35/h1-3,15-17,19H,4-14H2,(H-,30,35)/p+1. The van der Waals surface area contributed by atoms with Crippen LogP contribution in [0.15, 0.2) is 34.9 Å². The Bertz CT molecular complexity index is 1110. The monoisotopic (exact) mass is 557 g/mol. The van der Waals surface area contributed by atoms with Crippen molar-refractivity contribution >= 4 is 39.5 Å². The van der Waals surface area contributed by atoms with Crippen molar-refractivity contribution in [2.24, 2.45) is 17.6 Å². The first kappa shape index (κ1) is 24.4. The second kappa shape index (κ2) is 10.4. The molecule has 2 aliphatic heterocycles. The first-order valence-corrected chi connectivity index (χ1v) is 13.7. The molecule has 0 spiro atoms. The van der Waals surface area contributed by atoms with E-state index >= 15 is 0 Å². The summed E-state index contributed by atoms with van der Waals surface area (Å²) in [5.74, 6) is 2.11. The van der Waals surface area contributed by atoms with E-state index in [0.717, 1.165) is 72.4 Å². The maximum absolute atomic E-state index is 13.1. The zero-order valence-electron chi connectivity index (χ0n) is 19.8. The number of halogens is 2. The predicted octanol–water partition coefficient (Wildman–Crippen LogP) is 4.99. The summed E-state index contributed by atoms with van der Waals surface area (Å²) < 4.78 is 0.995. The van der Waals surface area contributed by atoms with Crippen molar-refractivity contribution in [3.05, 3.63) is 68.3 Å². The van der Waals surface area contributed by atoms with E-state index < -0.39 is 0 Å². The number of likely N-dealkylation sites (tertiary alicyclic amines) is 2. The third-order valence-electron chi connectivity index (χ3n) is 7.87. The number of nitrogens with two attached hydrogens (primary N) is 1. The summed E-state index contributed by atoms with van der Waals surface area (Å²) in [7, 11) is 0. The van der Waals surface area contributed by atoms with Gasteiger partial charge in [0.1, 0.15) is 10.6 Å². The number of hydrogen-bond donors (Lipinski definition) is 1. The van der Waals surface area contributed by atoms with Crippen molar-refractivity contribution in [1.29, 1.82) is 0 Å². The minimum atomic E-state index is -0.363. The fourth-order valence-corrected chi connectivity index (χ4v) is 6.60. The van der Waals surface area contributed by atoms with Crippen LogP contribution in [0.5, 0.6) is 0 Å². The predicted molar refractivity (Wildman–Crippen MR) is 140 cm³/mol. The summed E-state index contributed by atoms with van der Waals surface area (Å²) in [5.41, 5.74) is 10.1. The zero-order chi connectivity index (χ0) is 24.5. The van der Waals surface area contributed by atoms with Gasteiger partial charge < -0.3 is 15.5 Å². The minimum Gasteiger partial charge on any atom is -0.351 e. The highest BCUT2D eigenvalue weighted by molar-refractivity contribution is 9.10. The second-order valence-electron chi connectivity index (χ2n) is 9.98. The number of primary amides is 1. The molecule has 8 heteroatoms. The maximum Gasteiger partial charge on any atom is 0.314 e. The largest absolute Gasteiger partial charge is 0.351 e. The van der Waals surface area contributed by atoms with Gasteiger partial charge in [0.25, 0.3) is 0 Å². The van der Waals surface area contributed by atoms with E-state index in [1.54, 1.807) is 4.90 Å². The van der Waals surface area contributed by atoms with Crippen LogP contribution in [0.1, 0.15) is 54.5 Å². The van der Waals surface area contributed by atoms with Gasteiger partial charge in [0.2, 0.25) is 5.91 Å². The number of aromatic nitrogens is 1. The number of hydrogen-bond acceptors (Lipinski definition) is 3. The molecule has 0 unspecified atom stereocenters. The van der Waals surface area contributed by atoms with Crippen LogP contribution in [-0.4, -0.2) is 52.9 Å². The smallest absolute Gasteiger partial charge is 0.314 e. The number of amides is 3. The van der Waals surface area contributed by atoms with Gasteiger partial charge in [-0.25, -0.2) is 9.78 Å². The molecule has 3 amide bonds. The van der Waals surface area contributed by atoms with E-state index in [0.29, 0.717) is 31.3 Å². The number of pyridine rings is 1. The molecule has 0 saturated carbocycles. The van der Waals surface area contributed by atoms with Gasteiger partial charge >= 0.3 is 6.03 Å². The molecule has 5 rings (SSSR count). The van der Waals surface area contributed by atoms with Gasteiger partial charge in [-0.1, -0.05) is 0 Å². The third kappa shape index (κ3) is 5.17. The van der Waals surface area contributed by atoms with Crippen molar-refractivity contribution < 1.29 is 9.59 Å². The van der Waals surface area contributed by atoms with E-state index in [9.17, 15) is 9.59 Å². The van der Waals surface area contributed by atoms with Crippen LogP contribution < -0.4 is 5.73 Å². The summed E-state index contributed by atoms with van der Waals surface area (Å²) in [6.45, 7) is 2.80. The van der Waals surface area contributed by atoms with Gasteiger partial charge in [-0.3, -0.25) is 4.79 Å². The van der Waals surface area contributed by atoms with Gasteiger partial charge in [0, 0.05) is 85.3 Å². The summed E-state index contributed by atoms with van der Waals surface area (Å²) in [4.78, 5) is 33.0. The first-order chi connectivity index (χ1) is 16.9. The van der Waals surface area contributed by atoms with Crippen LogP contribution >= 0.6 is 27.5 Å². The summed E-state index contributed by atoms with van der Waals surface area (Å²) in [5, 5.41) is 0.788. The van der Waals surface area contributed by atoms with Crippen molar-refractivity contribution in [2.75, 3.05) is 26.2 Å². The summed E-state index contributed by atoms with van der Waals surface area (Å²) in [6, 6.07) is 8.02. The van der Waals surface area contributed by atoms with E-state index in [1.807, 2.05) is 23.2 Å². The number of nitrogens with zero attached hydrogens (tertiary/aromatic N) is 3. The van der Waals surface area contributed by atoms with Crippen LogP contribution in [-0.2, 0) is 17.6 Å². The average molecular weight is 559 g/mol. The molecule has 3 heterocycles. The number of urea groups is 1. The quantitative estimate of drug-likeness (QED) is 0.539. The number of fused-ring (bicyclic) bond motifs is 2. The number of carbonyl (C=O) groups is 2. The SMILES string of the molecule is NC(=O)N1CCC(CC(=O)N2CCC([C+]3c4ncc(Br)cc4CCc4cccc(Cl)c43)CC2)CC1. The Balaban J connectivity index is 1.29. The lowest BCUT2D eigenvalue weighted by Gasteiger charge is -2.36. The van der Waals surface area contributed by atoms with Crippen molar-refractivity contribution in [1.82, 2.24) is 14.8 Å². The van der Waals surface area contributed by atoms with Gasteiger partial charge in [-0.2, -0.15) is 0 Å². The minimum absolute atomic E-state index is 0.229. The maximum atomic E-state index is 13.1. The van der Waals surface area contributed by atoms with Crippen molar-refractivity contribution in [3.63, 3.8) is 0 Å². The molecule has 0 bridgehead atoms. The van der Waals surface area contributed by atoms with Crippen LogP contribution in [0.4, 0.5) is 4.79 Å². The molecule has 184 valence electrons. The lowest BCUT2D eigenvalue weighted by atomic mass is 9.76. The molecule has 2 N–H and O–H groups in total. The Labute approximate surface area is 220 Å². The zero-order valence-corrected chi connectivity index (χ0v) is 22.2.